The Morgan fingerprint density at radius 3 is 2.57 bits per heavy atom. The van der Waals surface area contributed by atoms with Crippen LogP contribution in [0.4, 0.5) is 0 Å². The monoisotopic (exact) mass is 421 g/mol. The number of halogens is 2. The molecule has 0 saturated carbocycles. The number of hydrogen-bond donors (Lipinski definition) is 2. The van der Waals surface area contributed by atoms with Crippen LogP contribution in [0, 0.1) is 0 Å². The molecule has 0 unspecified atom stereocenters. The minimum Gasteiger partial charge on any atom is -0.492 e. The molecule has 0 amide bonds. The molecule has 0 heterocycles. The average molecular weight is 422 g/mol. The van der Waals surface area contributed by atoms with Gasteiger partial charge in [0.15, 0.2) is 5.96 Å². The number of nitrogens with zero attached hydrogens (tertiary/aromatic N) is 1. The standard InChI is InChI=1S/C15H20ClN3O.HI/c1-17-15(19-13-4-2-3-5-13)18-10-11-20-14-8-6-12(16)7-9-14;/h2-3,6-9,13H,4-5,10-11H2,1H3,(H2,17,18,19);1H. The lowest BCUT2D eigenvalue weighted by Gasteiger charge is -2.17. The largest absolute Gasteiger partial charge is 0.492 e. The smallest absolute Gasteiger partial charge is 0.191 e. The van der Waals surface area contributed by atoms with Gasteiger partial charge in [0.05, 0.1) is 6.54 Å². The summed E-state index contributed by atoms with van der Waals surface area (Å²) in [4.78, 5) is 4.20. The SMILES string of the molecule is CN=C(NCCOc1ccc(Cl)cc1)NC1CC=CC1.I. The van der Waals surface area contributed by atoms with Crippen LogP contribution < -0.4 is 15.4 Å². The highest BCUT2D eigenvalue weighted by Crippen LogP contribution is 2.15. The molecule has 0 fully saturated rings. The van der Waals surface area contributed by atoms with Gasteiger partial charge in [-0.1, -0.05) is 23.8 Å². The first-order valence-corrected chi connectivity index (χ1v) is 7.16. The Hall–Kier alpha value is -0.950. The Balaban J connectivity index is 0.00000220. The second-order valence-corrected chi connectivity index (χ2v) is 5.02. The van der Waals surface area contributed by atoms with Gasteiger partial charge in [-0.15, -0.1) is 24.0 Å². The van der Waals surface area contributed by atoms with E-state index in [1.54, 1.807) is 7.05 Å². The summed E-state index contributed by atoms with van der Waals surface area (Å²) in [5.41, 5.74) is 0. The van der Waals surface area contributed by atoms with Gasteiger partial charge in [0.25, 0.3) is 0 Å². The molecule has 2 N–H and O–H groups in total. The van der Waals surface area contributed by atoms with E-state index in [9.17, 15) is 0 Å². The lowest BCUT2D eigenvalue weighted by atomic mass is 10.2. The van der Waals surface area contributed by atoms with Crippen molar-refractivity contribution < 1.29 is 4.74 Å². The summed E-state index contributed by atoms with van der Waals surface area (Å²) >= 11 is 5.82. The first-order valence-electron chi connectivity index (χ1n) is 6.78. The summed E-state index contributed by atoms with van der Waals surface area (Å²) < 4.78 is 5.61. The molecule has 4 nitrogen and oxygen atoms in total. The number of benzene rings is 1. The van der Waals surface area contributed by atoms with Crippen molar-refractivity contribution in [1.82, 2.24) is 10.6 Å². The van der Waals surface area contributed by atoms with Crippen molar-refractivity contribution in [1.29, 1.82) is 0 Å². The maximum absolute atomic E-state index is 5.82. The lowest BCUT2D eigenvalue weighted by Crippen LogP contribution is -2.43. The van der Waals surface area contributed by atoms with E-state index in [1.807, 2.05) is 24.3 Å². The van der Waals surface area contributed by atoms with Crippen molar-refractivity contribution in [2.75, 3.05) is 20.2 Å². The van der Waals surface area contributed by atoms with Crippen LogP contribution in [0.1, 0.15) is 12.8 Å². The first kappa shape index (κ1) is 18.1. The molecule has 0 bridgehead atoms. The number of guanidine groups is 1. The van der Waals surface area contributed by atoms with Crippen LogP contribution in [-0.4, -0.2) is 32.2 Å². The Bertz CT molecular complexity index is 468. The normalized spacial score (nSPS) is 14.7. The minimum absolute atomic E-state index is 0. The van der Waals surface area contributed by atoms with E-state index in [2.05, 4.69) is 27.8 Å². The topological polar surface area (TPSA) is 45.7 Å². The highest BCUT2D eigenvalue weighted by molar-refractivity contribution is 14.0. The van der Waals surface area contributed by atoms with Gasteiger partial charge in [-0.3, -0.25) is 4.99 Å². The van der Waals surface area contributed by atoms with Crippen molar-refractivity contribution in [3.63, 3.8) is 0 Å². The fourth-order valence-corrected chi connectivity index (χ4v) is 2.12. The van der Waals surface area contributed by atoms with Crippen LogP contribution in [-0.2, 0) is 0 Å². The lowest BCUT2D eigenvalue weighted by molar-refractivity contribution is 0.321. The van der Waals surface area contributed by atoms with E-state index in [4.69, 9.17) is 16.3 Å². The van der Waals surface area contributed by atoms with Crippen LogP contribution in [0.25, 0.3) is 0 Å². The number of rotatable bonds is 5. The van der Waals surface area contributed by atoms with Crippen molar-refractivity contribution in [2.24, 2.45) is 4.99 Å². The fourth-order valence-electron chi connectivity index (χ4n) is 1.99. The van der Waals surface area contributed by atoms with Gasteiger partial charge in [-0.2, -0.15) is 0 Å². The average Bonchev–Trinajstić information content (AvgIpc) is 2.97. The summed E-state index contributed by atoms with van der Waals surface area (Å²) in [5.74, 6) is 1.64. The molecule has 1 aliphatic rings. The van der Waals surface area contributed by atoms with Gasteiger partial charge in [0, 0.05) is 18.1 Å². The summed E-state index contributed by atoms with van der Waals surface area (Å²) in [7, 11) is 1.78. The van der Waals surface area contributed by atoms with Crippen LogP contribution in [0.2, 0.25) is 5.02 Å². The van der Waals surface area contributed by atoms with Gasteiger partial charge in [-0.05, 0) is 37.1 Å². The Labute approximate surface area is 148 Å². The minimum atomic E-state index is 0. The molecule has 21 heavy (non-hydrogen) atoms. The summed E-state index contributed by atoms with van der Waals surface area (Å²) in [6.45, 7) is 1.27. The third-order valence-corrected chi connectivity index (χ3v) is 3.30. The molecule has 0 saturated heterocycles. The quantitative estimate of drug-likeness (QED) is 0.252. The number of hydrogen-bond acceptors (Lipinski definition) is 2. The van der Waals surface area contributed by atoms with Gasteiger partial charge in [-0.25, -0.2) is 0 Å². The highest BCUT2D eigenvalue weighted by atomic mass is 127. The van der Waals surface area contributed by atoms with E-state index < -0.39 is 0 Å². The van der Waals surface area contributed by atoms with E-state index >= 15 is 0 Å². The molecular formula is C15H21ClIN3O. The predicted octanol–water partition coefficient (Wildman–Crippen LogP) is 3.22. The zero-order chi connectivity index (χ0) is 14.2. The Morgan fingerprint density at radius 1 is 1.29 bits per heavy atom. The van der Waals surface area contributed by atoms with Gasteiger partial charge in [0.1, 0.15) is 12.4 Å². The fraction of sp³-hybridized carbons (Fsp3) is 0.400. The second kappa shape index (κ2) is 9.89. The summed E-state index contributed by atoms with van der Waals surface area (Å²) in [6.07, 6.45) is 6.49. The molecule has 1 aromatic carbocycles. The van der Waals surface area contributed by atoms with E-state index in [1.165, 1.54) is 0 Å². The van der Waals surface area contributed by atoms with Gasteiger partial charge in [0.2, 0.25) is 0 Å². The van der Waals surface area contributed by atoms with Crippen LogP contribution in [0.5, 0.6) is 5.75 Å². The van der Waals surface area contributed by atoms with Crippen molar-refractivity contribution in [3.05, 3.63) is 41.4 Å². The highest BCUT2D eigenvalue weighted by Gasteiger charge is 2.11. The molecule has 0 spiro atoms. The van der Waals surface area contributed by atoms with E-state index in [-0.39, 0.29) is 24.0 Å². The summed E-state index contributed by atoms with van der Waals surface area (Å²) in [6, 6.07) is 7.81. The maximum Gasteiger partial charge on any atom is 0.191 e. The van der Waals surface area contributed by atoms with Crippen LogP contribution in [0.3, 0.4) is 0 Å². The van der Waals surface area contributed by atoms with Crippen molar-refractivity contribution >= 4 is 41.5 Å². The zero-order valence-corrected chi connectivity index (χ0v) is 15.1. The Morgan fingerprint density at radius 2 is 1.95 bits per heavy atom. The molecule has 0 aromatic heterocycles. The maximum atomic E-state index is 5.82. The molecule has 0 aliphatic heterocycles. The Kier molecular flexibility index (Phi) is 8.52. The number of nitrogens with one attached hydrogen (secondary N) is 2. The van der Waals surface area contributed by atoms with Gasteiger partial charge < -0.3 is 15.4 Å². The summed E-state index contributed by atoms with van der Waals surface area (Å²) in [5, 5.41) is 7.33. The molecular weight excluding hydrogens is 401 g/mol. The first-order chi connectivity index (χ1) is 9.78. The molecule has 6 heteroatoms. The van der Waals surface area contributed by atoms with E-state index in [0.29, 0.717) is 24.2 Å². The third-order valence-electron chi connectivity index (χ3n) is 3.05. The number of ether oxygens (including phenoxy) is 1. The van der Waals surface area contributed by atoms with Crippen LogP contribution >= 0.6 is 35.6 Å². The molecule has 2 rings (SSSR count). The zero-order valence-electron chi connectivity index (χ0n) is 12.0. The van der Waals surface area contributed by atoms with Crippen molar-refractivity contribution in [2.45, 2.75) is 18.9 Å². The van der Waals surface area contributed by atoms with E-state index in [0.717, 1.165) is 24.6 Å². The molecule has 116 valence electrons. The molecule has 1 aliphatic carbocycles. The van der Waals surface area contributed by atoms with Gasteiger partial charge >= 0.3 is 0 Å². The molecule has 0 atom stereocenters. The predicted molar refractivity (Wildman–Crippen MR) is 99.0 cm³/mol. The molecule has 1 aromatic rings. The molecule has 0 radical (unpaired) electrons. The number of aliphatic imine (C=N–C) groups is 1. The second-order valence-electron chi connectivity index (χ2n) is 4.59. The van der Waals surface area contributed by atoms with Crippen molar-refractivity contribution in [3.8, 4) is 5.75 Å². The third kappa shape index (κ3) is 6.56. The van der Waals surface area contributed by atoms with Crippen LogP contribution in [0.15, 0.2) is 41.4 Å².